The first-order valence-corrected chi connectivity index (χ1v) is 7.23. The molecule has 1 aromatic carbocycles. The van der Waals surface area contributed by atoms with E-state index in [1.165, 1.54) is 5.56 Å². The van der Waals surface area contributed by atoms with Crippen molar-refractivity contribution in [3.05, 3.63) is 29.3 Å². The van der Waals surface area contributed by atoms with E-state index >= 15 is 0 Å². The van der Waals surface area contributed by atoms with Gasteiger partial charge in [-0.2, -0.15) is 0 Å². The van der Waals surface area contributed by atoms with Gasteiger partial charge in [-0.05, 0) is 45.7 Å². The standard InChI is InChI=1S/C16H26N2O2/c1-5-18(6-2)16(19)11-20-15-8-7-12(3)9-14(15)10-13(4)17/h7-9,13H,5-6,10-11,17H2,1-4H3. The minimum absolute atomic E-state index is 0.0160. The third-order valence-electron chi connectivity index (χ3n) is 3.23. The van der Waals surface area contributed by atoms with Crippen molar-refractivity contribution >= 4 is 5.91 Å². The molecular weight excluding hydrogens is 252 g/mol. The molecule has 0 spiro atoms. The van der Waals surface area contributed by atoms with Gasteiger partial charge in [0, 0.05) is 19.1 Å². The Labute approximate surface area is 121 Å². The highest BCUT2D eigenvalue weighted by atomic mass is 16.5. The van der Waals surface area contributed by atoms with Crippen molar-refractivity contribution in [3.63, 3.8) is 0 Å². The van der Waals surface area contributed by atoms with Crippen molar-refractivity contribution in [2.24, 2.45) is 5.73 Å². The molecule has 20 heavy (non-hydrogen) atoms. The van der Waals surface area contributed by atoms with Crippen LogP contribution < -0.4 is 10.5 Å². The maximum atomic E-state index is 12.0. The molecule has 0 aromatic heterocycles. The van der Waals surface area contributed by atoms with E-state index in [1.54, 1.807) is 4.90 Å². The molecule has 0 saturated carbocycles. The van der Waals surface area contributed by atoms with Gasteiger partial charge in [-0.25, -0.2) is 0 Å². The fourth-order valence-corrected chi connectivity index (χ4v) is 2.16. The molecule has 0 heterocycles. The normalized spacial score (nSPS) is 12.1. The van der Waals surface area contributed by atoms with E-state index in [4.69, 9.17) is 10.5 Å². The highest BCUT2D eigenvalue weighted by molar-refractivity contribution is 5.77. The molecule has 0 aliphatic rings. The number of nitrogens with two attached hydrogens (primary N) is 1. The lowest BCUT2D eigenvalue weighted by atomic mass is 10.0. The number of aryl methyl sites for hydroxylation is 1. The van der Waals surface area contributed by atoms with E-state index < -0.39 is 0 Å². The zero-order chi connectivity index (χ0) is 15.1. The Morgan fingerprint density at radius 2 is 2.00 bits per heavy atom. The van der Waals surface area contributed by atoms with Crippen molar-refractivity contribution in [2.45, 2.75) is 40.2 Å². The maximum Gasteiger partial charge on any atom is 0.260 e. The fraction of sp³-hybridized carbons (Fsp3) is 0.562. The fourth-order valence-electron chi connectivity index (χ4n) is 2.16. The number of hydrogen-bond donors (Lipinski definition) is 1. The molecular formula is C16H26N2O2. The molecule has 4 heteroatoms. The van der Waals surface area contributed by atoms with Crippen molar-refractivity contribution in [1.82, 2.24) is 4.90 Å². The molecule has 0 fully saturated rings. The molecule has 4 nitrogen and oxygen atoms in total. The summed E-state index contributed by atoms with van der Waals surface area (Å²) in [6.45, 7) is 9.43. The average Bonchev–Trinajstić information content (AvgIpc) is 2.38. The number of hydrogen-bond acceptors (Lipinski definition) is 3. The van der Waals surface area contributed by atoms with E-state index in [0.717, 1.165) is 17.7 Å². The van der Waals surface area contributed by atoms with Crippen LogP contribution in [0.15, 0.2) is 18.2 Å². The van der Waals surface area contributed by atoms with Gasteiger partial charge in [0.25, 0.3) is 5.91 Å². The van der Waals surface area contributed by atoms with Crippen LogP contribution in [0.25, 0.3) is 0 Å². The van der Waals surface area contributed by atoms with E-state index in [-0.39, 0.29) is 18.6 Å². The minimum atomic E-state index is 0.0160. The highest BCUT2D eigenvalue weighted by Crippen LogP contribution is 2.21. The molecule has 112 valence electrons. The second-order valence-corrected chi connectivity index (χ2v) is 5.15. The molecule has 1 amide bonds. The number of likely N-dealkylation sites (N-methyl/N-ethyl adjacent to an activating group) is 1. The van der Waals surface area contributed by atoms with Gasteiger partial charge in [0.05, 0.1) is 0 Å². The summed E-state index contributed by atoms with van der Waals surface area (Å²) in [7, 11) is 0. The summed E-state index contributed by atoms with van der Waals surface area (Å²) in [6.07, 6.45) is 0.747. The van der Waals surface area contributed by atoms with Crippen LogP contribution in [0.3, 0.4) is 0 Å². The number of rotatable bonds is 7. The minimum Gasteiger partial charge on any atom is -0.483 e. The van der Waals surface area contributed by atoms with Gasteiger partial charge in [-0.1, -0.05) is 17.7 Å². The molecule has 1 aromatic rings. The lowest BCUT2D eigenvalue weighted by Gasteiger charge is -2.20. The molecule has 0 aliphatic heterocycles. The predicted molar refractivity (Wildman–Crippen MR) is 82.0 cm³/mol. The third-order valence-corrected chi connectivity index (χ3v) is 3.23. The van der Waals surface area contributed by atoms with Crippen molar-refractivity contribution in [2.75, 3.05) is 19.7 Å². The molecule has 0 aliphatic carbocycles. The zero-order valence-electron chi connectivity index (χ0n) is 13.0. The van der Waals surface area contributed by atoms with E-state index in [1.807, 2.05) is 39.8 Å². The molecule has 1 unspecified atom stereocenters. The van der Waals surface area contributed by atoms with Crippen molar-refractivity contribution in [3.8, 4) is 5.75 Å². The first-order valence-electron chi connectivity index (χ1n) is 7.23. The quantitative estimate of drug-likeness (QED) is 0.831. The first kappa shape index (κ1) is 16.5. The molecule has 1 rings (SSSR count). The number of ether oxygens (including phenoxy) is 1. The number of amides is 1. The van der Waals surface area contributed by atoms with Crippen LogP contribution in [0.1, 0.15) is 31.9 Å². The van der Waals surface area contributed by atoms with Gasteiger partial charge >= 0.3 is 0 Å². The van der Waals surface area contributed by atoms with E-state index in [0.29, 0.717) is 13.1 Å². The highest BCUT2D eigenvalue weighted by Gasteiger charge is 2.12. The Hall–Kier alpha value is -1.55. The molecule has 1 atom stereocenters. The summed E-state index contributed by atoms with van der Waals surface area (Å²) < 4.78 is 5.69. The lowest BCUT2D eigenvalue weighted by molar-refractivity contribution is -0.132. The SMILES string of the molecule is CCN(CC)C(=O)COc1ccc(C)cc1CC(C)N. The Morgan fingerprint density at radius 1 is 1.35 bits per heavy atom. The predicted octanol–water partition coefficient (Wildman–Crippen LogP) is 2.13. The van der Waals surface area contributed by atoms with Gasteiger partial charge in [0.2, 0.25) is 0 Å². The van der Waals surface area contributed by atoms with Crippen LogP contribution in [-0.2, 0) is 11.2 Å². The number of carbonyl (C=O) groups excluding carboxylic acids is 1. The van der Waals surface area contributed by atoms with Gasteiger partial charge in [-0.3, -0.25) is 4.79 Å². The molecule has 0 radical (unpaired) electrons. The summed E-state index contributed by atoms with van der Waals surface area (Å²) >= 11 is 0. The van der Waals surface area contributed by atoms with Gasteiger partial charge in [0.15, 0.2) is 6.61 Å². The van der Waals surface area contributed by atoms with Crippen molar-refractivity contribution < 1.29 is 9.53 Å². The average molecular weight is 278 g/mol. The number of carbonyl (C=O) groups is 1. The van der Waals surface area contributed by atoms with Crippen LogP contribution >= 0.6 is 0 Å². The topological polar surface area (TPSA) is 55.6 Å². The monoisotopic (exact) mass is 278 g/mol. The lowest BCUT2D eigenvalue weighted by Crippen LogP contribution is -2.34. The zero-order valence-corrected chi connectivity index (χ0v) is 13.0. The Balaban J connectivity index is 2.74. The maximum absolute atomic E-state index is 12.0. The number of benzene rings is 1. The van der Waals surface area contributed by atoms with Crippen LogP contribution in [0.5, 0.6) is 5.75 Å². The molecule has 0 bridgehead atoms. The Kier molecular flexibility index (Phi) is 6.52. The van der Waals surface area contributed by atoms with E-state index in [9.17, 15) is 4.79 Å². The van der Waals surface area contributed by atoms with Crippen molar-refractivity contribution in [1.29, 1.82) is 0 Å². The summed E-state index contributed by atoms with van der Waals surface area (Å²) in [5, 5.41) is 0. The first-order chi connectivity index (χ1) is 9.47. The number of nitrogens with zero attached hydrogens (tertiary/aromatic N) is 1. The Morgan fingerprint density at radius 3 is 2.55 bits per heavy atom. The van der Waals surface area contributed by atoms with Gasteiger partial charge in [0.1, 0.15) is 5.75 Å². The molecule has 2 N–H and O–H groups in total. The third kappa shape index (κ3) is 4.85. The van der Waals surface area contributed by atoms with Crippen LogP contribution in [0.4, 0.5) is 0 Å². The van der Waals surface area contributed by atoms with E-state index in [2.05, 4.69) is 6.07 Å². The second kappa shape index (κ2) is 7.90. The van der Waals surface area contributed by atoms with Crippen LogP contribution in [0, 0.1) is 6.92 Å². The summed E-state index contributed by atoms with van der Waals surface area (Å²) in [5.41, 5.74) is 8.09. The summed E-state index contributed by atoms with van der Waals surface area (Å²) in [5.74, 6) is 0.774. The summed E-state index contributed by atoms with van der Waals surface area (Å²) in [4.78, 5) is 13.7. The second-order valence-electron chi connectivity index (χ2n) is 5.15. The van der Waals surface area contributed by atoms with Crippen LogP contribution in [0.2, 0.25) is 0 Å². The smallest absolute Gasteiger partial charge is 0.260 e. The largest absolute Gasteiger partial charge is 0.483 e. The molecule has 0 saturated heterocycles. The van der Waals surface area contributed by atoms with Gasteiger partial charge in [-0.15, -0.1) is 0 Å². The van der Waals surface area contributed by atoms with Gasteiger partial charge < -0.3 is 15.4 Å². The van der Waals surface area contributed by atoms with Crippen LogP contribution in [-0.4, -0.2) is 36.5 Å². The summed E-state index contributed by atoms with van der Waals surface area (Å²) in [6, 6.07) is 6.04. The Bertz CT molecular complexity index is 440.